The number of carbonyl (C=O) groups is 1. The maximum absolute atomic E-state index is 13.1. The van der Waals surface area contributed by atoms with Crippen molar-refractivity contribution in [2.24, 2.45) is 4.40 Å². The van der Waals surface area contributed by atoms with E-state index in [9.17, 15) is 13.2 Å². The molecule has 0 atom stereocenters. The minimum Gasteiger partial charge on any atom is -0.328 e. The van der Waals surface area contributed by atoms with Crippen molar-refractivity contribution >= 4 is 44.7 Å². The van der Waals surface area contributed by atoms with Crippen molar-refractivity contribution in [1.29, 1.82) is 0 Å². The van der Waals surface area contributed by atoms with Gasteiger partial charge in [0.25, 0.3) is 15.9 Å². The first-order valence-electron chi connectivity index (χ1n) is 10.4. The summed E-state index contributed by atoms with van der Waals surface area (Å²) >= 11 is 6.49. The number of hydrogen-bond donors (Lipinski definition) is 1. The molecule has 1 fully saturated rings. The Morgan fingerprint density at radius 1 is 1.15 bits per heavy atom. The van der Waals surface area contributed by atoms with Gasteiger partial charge in [-0.25, -0.2) is 4.68 Å². The fourth-order valence-electron chi connectivity index (χ4n) is 4.14. The minimum absolute atomic E-state index is 0.0122. The van der Waals surface area contributed by atoms with Crippen molar-refractivity contribution in [3.63, 3.8) is 0 Å². The van der Waals surface area contributed by atoms with E-state index < -0.39 is 15.9 Å². The zero-order valence-corrected chi connectivity index (χ0v) is 19.3. The zero-order chi connectivity index (χ0) is 23.2. The van der Waals surface area contributed by atoms with Gasteiger partial charge in [0, 0.05) is 18.7 Å². The smallest absolute Gasteiger partial charge is 0.286 e. The molecule has 3 aromatic rings. The standard InChI is InChI=1S/C21H20ClN7O3S/c1-13-16(6-5-7-17(13)29-12-23-26-27-29)24-21(30)14-10-19-18(11-15(14)22)28-9-4-2-3-8-20(28)25-33(19,31)32/h5-7,10-12H,2-4,8-9H2,1H3,(H,24,30). The second-order valence-corrected chi connectivity index (χ2v) is 9.88. The Kier molecular flexibility index (Phi) is 5.37. The largest absolute Gasteiger partial charge is 0.328 e. The van der Waals surface area contributed by atoms with Gasteiger partial charge >= 0.3 is 0 Å². The van der Waals surface area contributed by atoms with Crippen LogP contribution in [0.2, 0.25) is 5.02 Å². The average Bonchev–Trinajstić information content (AvgIpc) is 3.21. The number of aromatic nitrogens is 4. The van der Waals surface area contributed by atoms with Gasteiger partial charge in [0.15, 0.2) is 0 Å². The molecule has 1 aromatic heterocycles. The molecule has 1 amide bonds. The molecule has 0 radical (unpaired) electrons. The highest BCUT2D eigenvalue weighted by Crippen LogP contribution is 2.38. The molecule has 1 N–H and O–H groups in total. The molecular formula is C21H20ClN7O3S. The summed E-state index contributed by atoms with van der Waals surface area (Å²) in [4.78, 5) is 15.0. The molecule has 33 heavy (non-hydrogen) atoms. The summed E-state index contributed by atoms with van der Waals surface area (Å²) in [6.45, 7) is 2.48. The van der Waals surface area contributed by atoms with Gasteiger partial charge in [-0.05, 0) is 60.0 Å². The van der Waals surface area contributed by atoms with E-state index in [2.05, 4.69) is 25.2 Å². The van der Waals surface area contributed by atoms with Crippen molar-refractivity contribution in [1.82, 2.24) is 20.2 Å². The number of benzene rings is 2. The van der Waals surface area contributed by atoms with Crippen LogP contribution >= 0.6 is 11.6 Å². The van der Waals surface area contributed by atoms with Gasteiger partial charge < -0.3 is 10.2 Å². The van der Waals surface area contributed by atoms with Crippen molar-refractivity contribution in [2.45, 2.75) is 37.5 Å². The van der Waals surface area contributed by atoms with Gasteiger partial charge in [-0.1, -0.05) is 24.1 Å². The van der Waals surface area contributed by atoms with Crippen LogP contribution in [-0.2, 0) is 10.0 Å². The topological polar surface area (TPSA) is 122 Å². The lowest BCUT2D eigenvalue weighted by Crippen LogP contribution is -2.35. The number of hydrogen-bond acceptors (Lipinski definition) is 7. The van der Waals surface area contributed by atoms with E-state index in [-0.39, 0.29) is 15.5 Å². The van der Waals surface area contributed by atoms with Crippen molar-refractivity contribution in [3.8, 4) is 5.69 Å². The minimum atomic E-state index is -3.94. The van der Waals surface area contributed by atoms with Crippen LogP contribution in [0.4, 0.5) is 11.4 Å². The Balaban J connectivity index is 1.51. The van der Waals surface area contributed by atoms with Crippen molar-refractivity contribution < 1.29 is 13.2 Å². The first-order valence-corrected chi connectivity index (χ1v) is 12.3. The molecule has 0 aliphatic carbocycles. The number of anilines is 2. The van der Waals surface area contributed by atoms with Crippen LogP contribution in [0, 0.1) is 6.92 Å². The zero-order valence-electron chi connectivity index (χ0n) is 17.7. The number of carbonyl (C=O) groups excluding carboxylic acids is 1. The molecule has 5 rings (SSSR count). The predicted octanol–water partition coefficient (Wildman–Crippen LogP) is 3.36. The Morgan fingerprint density at radius 3 is 2.79 bits per heavy atom. The normalized spacial score (nSPS) is 16.9. The fraction of sp³-hybridized carbons (Fsp3) is 0.286. The van der Waals surface area contributed by atoms with Crippen LogP contribution < -0.4 is 10.2 Å². The van der Waals surface area contributed by atoms with Crippen LogP contribution in [0.25, 0.3) is 5.69 Å². The molecule has 170 valence electrons. The quantitative estimate of drug-likeness (QED) is 0.603. The van der Waals surface area contributed by atoms with E-state index in [1.807, 2.05) is 17.9 Å². The monoisotopic (exact) mass is 485 g/mol. The van der Waals surface area contributed by atoms with E-state index >= 15 is 0 Å². The number of nitrogens with zero attached hydrogens (tertiary/aromatic N) is 6. The number of amidine groups is 1. The second-order valence-electron chi connectivity index (χ2n) is 7.90. The maximum Gasteiger partial charge on any atom is 0.286 e. The van der Waals surface area contributed by atoms with E-state index in [0.717, 1.165) is 24.8 Å². The molecule has 10 nitrogen and oxygen atoms in total. The summed E-state index contributed by atoms with van der Waals surface area (Å²) in [6, 6.07) is 8.17. The Bertz CT molecular complexity index is 1390. The summed E-state index contributed by atoms with van der Waals surface area (Å²) in [5.74, 6) is 0.00363. The van der Waals surface area contributed by atoms with Gasteiger partial charge in [0.1, 0.15) is 17.1 Å². The van der Waals surface area contributed by atoms with Gasteiger partial charge in [-0.2, -0.15) is 8.42 Å². The van der Waals surface area contributed by atoms with Crippen LogP contribution in [0.5, 0.6) is 0 Å². The summed E-state index contributed by atoms with van der Waals surface area (Å²) in [7, 11) is -3.94. The molecule has 12 heteroatoms. The summed E-state index contributed by atoms with van der Waals surface area (Å²) in [6.07, 6.45) is 4.86. The Labute approximate surface area is 195 Å². The molecule has 1 saturated heterocycles. The summed E-state index contributed by atoms with van der Waals surface area (Å²) < 4.78 is 31.3. The SMILES string of the molecule is Cc1c(NC(=O)c2cc3c(cc2Cl)N2CCCCCC2=NS3(=O)=O)cccc1-n1cnnn1. The molecule has 2 aliphatic heterocycles. The average molecular weight is 486 g/mol. The lowest BCUT2D eigenvalue weighted by molar-refractivity contribution is 0.102. The highest BCUT2D eigenvalue weighted by atomic mass is 35.5. The number of rotatable bonds is 3. The number of nitrogens with one attached hydrogen (secondary N) is 1. The first-order chi connectivity index (χ1) is 15.8. The Hall–Kier alpha value is -3.31. The number of amides is 1. The molecule has 0 saturated carbocycles. The molecule has 0 unspecified atom stereocenters. The van der Waals surface area contributed by atoms with Gasteiger partial charge in [0.2, 0.25) is 0 Å². The highest BCUT2D eigenvalue weighted by Gasteiger charge is 2.33. The fourth-order valence-corrected chi connectivity index (χ4v) is 5.65. The van der Waals surface area contributed by atoms with E-state index in [1.54, 1.807) is 18.2 Å². The first kappa shape index (κ1) is 21.5. The molecule has 2 aromatic carbocycles. The molecule has 3 heterocycles. The van der Waals surface area contributed by atoms with E-state index in [4.69, 9.17) is 11.6 Å². The molecule has 0 spiro atoms. The van der Waals surface area contributed by atoms with Crippen LogP contribution in [-0.4, -0.2) is 46.9 Å². The lowest BCUT2D eigenvalue weighted by atomic mass is 10.1. The summed E-state index contributed by atoms with van der Waals surface area (Å²) in [5.41, 5.74) is 2.48. The number of sulfonamides is 1. The molecule has 2 aliphatic rings. The highest BCUT2D eigenvalue weighted by molar-refractivity contribution is 7.90. The second kappa shape index (κ2) is 8.23. The van der Waals surface area contributed by atoms with Crippen LogP contribution in [0.15, 0.2) is 46.0 Å². The van der Waals surface area contributed by atoms with Gasteiger partial charge in [0.05, 0.1) is 22.0 Å². The van der Waals surface area contributed by atoms with Gasteiger partial charge in [-0.15, -0.1) is 9.50 Å². The third-order valence-corrected chi connectivity index (χ3v) is 7.48. The van der Waals surface area contributed by atoms with Crippen LogP contribution in [0.3, 0.4) is 0 Å². The molecular weight excluding hydrogens is 466 g/mol. The molecule has 0 bridgehead atoms. The van der Waals surface area contributed by atoms with Crippen molar-refractivity contribution in [3.05, 3.63) is 52.8 Å². The van der Waals surface area contributed by atoms with E-state index in [1.165, 1.54) is 17.1 Å². The van der Waals surface area contributed by atoms with Crippen molar-refractivity contribution in [2.75, 3.05) is 16.8 Å². The van der Waals surface area contributed by atoms with Crippen LogP contribution in [0.1, 0.15) is 41.6 Å². The third kappa shape index (κ3) is 3.87. The van der Waals surface area contributed by atoms with Gasteiger partial charge in [-0.3, -0.25) is 4.79 Å². The predicted molar refractivity (Wildman–Crippen MR) is 124 cm³/mol. The third-order valence-electron chi connectivity index (χ3n) is 5.83. The number of halogens is 1. The number of fused-ring (bicyclic) bond motifs is 3. The number of tetrazole rings is 1. The Morgan fingerprint density at radius 2 is 2.00 bits per heavy atom. The summed E-state index contributed by atoms with van der Waals surface area (Å²) in [5, 5.41) is 14.1. The van der Waals surface area contributed by atoms with E-state index in [0.29, 0.717) is 35.9 Å². The lowest BCUT2D eigenvalue weighted by Gasteiger charge is -2.30. The maximum atomic E-state index is 13.1.